The number of rotatable bonds is 6. The van der Waals surface area contributed by atoms with Crippen molar-refractivity contribution >= 4 is 17.6 Å². The fourth-order valence-electron chi connectivity index (χ4n) is 4.49. The minimum absolute atomic E-state index is 0.129. The molecule has 4 rings (SSSR count). The summed E-state index contributed by atoms with van der Waals surface area (Å²) >= 11 is 0. The van der Waals surface area contributed by atoms with Crippen LogP contribution in [0.25, 0.3) is 11.4 Å². The van der Waals surface area contributed by atoms with E-state index in [1.54, 1.807) is 12.1 Å². The summed E-state index contributed by atoms with van der Waals surface area (Å²) in [5.41, 5.74) is 3.86. The molecule has 6 nitrogen and oxygen atoms in total. The van der Waals surface area contributed by atoms with Gasteiger partial charge in [-0.1, -0.05) is 68.9 Å². The minimum atomic E-state index is -1.03. The van der Waals surface area contributed by atoms with E-state index in [4.69, 9.17) is 4.98 Å². The highest BCUT2D eigenvalue weighted by molar-refractivity contribution is 6.04. The molecule has 1 saturated carbocycles. The van der Waals surface area contributed by atoms with E-state index in [-0.39, 0.29) is 11.5 Å². The highest BCUT2D eigenvalue weighted by atomic mass is 16.4. The van der Waals surface area contributed by atoms with Crippen LogP contribution in [0, 0.1) is 12.8 Å². The zero-order valence-corrected chi connectivity index (χ0v) is 18.4. The minimum Gasteiger partial charge on any atom is -0.478 e. The van der Waals surface area contributed by atoms with Gasteiger partial charge in [0.2, 0.25) is 0 Å². The van der Waals surface area contributed by atoms with Gasteiger partial charge in [0.25, 0.3) is 5.91 Å². The second kappa shape index (κ2) is 9.81. The van der Waals surface area contributed by atoms with Crippen molar-refractivity contribution in [3.63, 3.8) is 0 Å². The Bertz CT molecular complexity index is 1110. The van der Waals surface area contributed by atoms with E-state index < -0.39 is 5.97 Å². The number of carboxylic acids is 1. The molecule has 0 aliphatic heterocycles. The molecule has 32 heavy (non-hydrogen) atoms. The van der Waals surface area contributed by atoms with Gasteiger partial charge in [-0.15, -0.1) is 0 Å². The van der Waals surface area contributed by atoms with Crippen LogP contribution < -0.4 is 5.32 Å². The van der Waals surface area contributed by atoms with E-state index in [2.05, 4.69) is 10.3 Å². The average molecular weight is 432 g/mol. The largest absolute Gasteiger partial charge is 0.478 e. The average Bonchev–Trinajstić information content (AvgIpc) is 3.02. The molecular weight excluding hydrogens is 402 g/mol. The number of nitrogens with one attached hydrogen (secondary N) is 2. The van der Waals surface area contributed by atoms with Crippen molar-refractivity contribution in [2.24, 2.45) is 5.92 Å². The molecule has 1 heterocycles. The molecule has 0 unspecified atom stereocenters. The van der Waals surface area contributed by atoms with E-state index in [9.17, 15) is 14.7 Å². The van der Waals surface area contributed by atoms with Gasteiger partial charge in [0.15, 0.2) is 0 Å². The highest BCUT2D eigenvalue weighted by Gasteiger charge is 2.23. The molecule has 0 bridgehead atoms. The molecule has 1 fully saturated rings. The van der Waals surface area contributed by atoms with E-state index in [1.807, 2.05) is 31.2 Å². The van der Waals surface area contributed by atoms with Crippen LogP contribution in [0.1, 0.15) is 70.6 Å². The molecule has 1 aliphatic rings. The van der Waals surface area contributed by atoms with E-state index in [0.717, 1.165) is 23.2 Å². The van der Waals surface area contributed by atoms with Gasteiger partial charge < -0.3 is 15.4 Å². The Morgan fingerprint density at radius 2 is 1.81 bits per heavy atom. The third-order valence-corrected chi connectivity index (χ3v) is 6.23. The quantitative estimate of drug-likeness (QED) is 0.427. The van der Waals surface area contributed by atoms with Crippen molar-refractivity contribution in [2.75, 3.05) is 5.32 Å². The lowest BCUT2D eigenvalue weighted by atomic mass is 9.94. The van der Waals surface area contributed by atoms with Crippen LogP contribution >= 0.6 is 0 Å². The summed E-state index contributed by atoms with van der Waals surface area (Å²) in [5, 5.41) is 12.1. The summed E-state index contributed by atoms with van der Waals surface area (Å²) in [7, 11) is 0. The van der Waals surface area contributed by atoms with Crippen LogP contribution in [-0.4, -0.2) is 27.0 Å². The number of anilines is 1. The van der Waals surface area contributed by atoms with Gasteiger partial charge in [-0.05, 0) is 43.0 Å². The van der Waals surface area contributed by atoms with Gasteiger partial charge in [-0.2, -0.15) is 0 Å². The number of benzene rings is 2. The third kappa shape index (κ3) is 5.07. The first kappa shape index (κ1) is 21.8. The number of carbonyl (C=O) groups excluding carboxylic acids is 1. The molecule has 0 spiro atoms. The van der Waals surface area contributed by atoms with Gasteiger partial charge in [0.1, 0.15) is 11.5 Å². The summed E-state index contributed by atoms with van der Waals surface area (Å²) < 4.78 is 0. The van der Waals surface area contributed by atoms with Crippen molar-refractivity contribution in [2.45, 2.75) is 51.9 Å². The van der Waals surface area contributed by atoms with E-state index >= 15 is 0 Å². The van der Waals surface area contributed by atoms with Crippen molar-refractivity contribution < 1.29 is 14.7 Å². The molecule has 3 aromatic rings. The Balaban J connectivity index is 1.65. The number of hydrogen-bond acceptors (Lipinski definition) is 3. The second-order valence-corrected chi connectivity index (χ2v) is 8.63. The number of aromatic nitrogens is 2. The van der Waals surface area contributed by atoms with Gasteiger partial charge in [-0.25, -0.2) is 9.78 Å². The molecule has 0 radical (unpaired) electrons. The zero-order chi connectivity index (χ0) is 22.5. The molecule has 2 aromatic carbocycles. The Morgan fingerprint density at radius 1 is 1.06 bits per heavy atom. The lowest BCUT2D eigenvalue weighted by Crippen LogP contribution is -2.16. The summed E-state index contributed by atoms with van der Waals surface area (Å²) in [5.74, 6) is -0.135. The molecule has 166 valence electrons. The van der Waals surface area contributed by atoms with Crippen molar-refractivity contribution in [1.82, 2.24) is 9.97 Å². The molecule has 0 atom stereocenters. The Labute approximate surface area is 188 Å². The van der Waals surface area contributed by atoms with Crippen molar-refractivity contribution in [3.8, 4) is 11.4 Å². The molecular formula is C26H29N3O3. The van der Waals surface area contributed by atoms with Crippen LogP contribution in [0.4, 0.5) is 5.69 Å². The van der Waals surface area contributed by atoms with Crippen LogP contribution in [0.3, 0.4) is 0 Å². The number of aryl methyl sites for hydroxylation is 1. The van der Waals surface area contributed by atoms with E-state index in [1.165, 1.54) is 50.7 Å². The maximum Gasteiger partial charge on any atom is 0.335 e. The second-order valence-electron chi connectivity index (χ2n) is 8.63. The van der Waals surface area contributed by atoms with Crippen molar-refractivity contribution in [3.05, 3.63) is 71.0 Å². The molecule has 1 amide bonds. The lowest BCUT2D eigenvalue weighted by Gasteiger charge is -2.13. The molecule has 0 saturated heterocycles. The Morgan fingerprint density at radius 3 is 2.53 bits per heavy atom. The fourth-order valence-corrected chi connectivity index (χ4v) is 4.49. The maximum absolute atomic E-state index is 13.2. The van der Waals surface area contributed by atoms with E-state index in [0.29, 0.717) is 23.1 Å². The smallest absolute Gasteiger partial charge is 0.335 e. The summed E-state index contributed by atoms with van der Waals surface area (Å²) in [6, 6.07) is 14.2. The number of nitrogens with zero attached hydrogens (tertiary/aromatic N) is 1. The molecule has 1 aromatic heterocycles. The predicted octanol–water partition coefficient (Wildman–Crippen LogP) is 5.85. The number of amides is 1. The monoisotopic (exact) mass is 431 g/mol. The lowest BCUT2D eigenvalue weighted by molar-refractivity contribution is 0.0696. The number of H-pyrrole nitrogens is 1. The normalized spacial score (nSPS) is 14.7. The van der Waals surface area contributed by atoms with Gasteiger partial charge >= 0.3 is 5.97 Å². The fraction of sp³-hybridized carbons (Fsp3) is 0.346. The topological polar surface area (TPSA) is 95.1 Å². The number of carbonyl (C=O) groups is 2. The first-order valence-electron chi connectivity index (χ1n) is 11.3. The van der Waals surface area contributed by atoms with Crippen LogP contribution in [0.15, 0.2) is 48.5 Å². The number of carboxylic acid groups (broad SMARTS) is 1. The molecule has 3 N–H and O–H groups in total. The zero-order valence-electron chi connectivity index (χ0n) is 18.4. The Kier molecular flexibility index (Phi) is 6.69. The van der Waals surface area contributed by atoms with Gasteiger partial charge in [0, 0.05) is 16.9 Å². The van der Waals surface area contributed by atoms with Gasteiger partial charge in [0.05, 0.1) is 5.56 Å². The standard InChI is InChI=1S/C26H29N3O3/c1-17-9-6-7-14-21(17)24-28-22(15-18-10-4-2-3-5-11-18)23(29-24)25(30)27-20-13-8-12-19(16-20)26(31)32/h6-9,12-14,16,18H,2-5,10-11,15H2,1H3,(H,27,30)(H,28,29)(H,31,32). The van der Waals surface area contributed by atoms with Crippen molar-refractivity contribution in [1.29, 1.82) is 0 Å². The first-order chi connectivity index (χ1) is 15.5. The summed E-state index contributed by atoms with van der Waals surface area (Å²) in [6.45, 7) is 2.03. The number of imidazole rings is 1. The number of hydrogen-bond donors (Lipinski definition) is 3. The predicted molar refractivity (Wildman–Crippen MR) is 125 cm³/mol. The first-order valence-corrected chi connectivity index (χ1v) is 11.3. The SMILES string of the molecule is Cc1ccccc1-c1nc(C(=O)Nc2cccc(C(=O)O)c2)c(CC2CCCCCC2)[nH]1. The number of aromatic amines is 1. The molecule has 1 aliphatic carbocycles. The van der Waals surface area contributed by atoms with Crippen LogP contribution in [-0.2, 0) is 6.42 Å². The molecule has 6 heteroatoms. The maximum atomic E-state index is 13.2. The summed E-state index contributed by atoms with van der Waals surface area (Å²) in [6.07, 6.45) is 8.14. The van der Waals surface area contributed by atoms with Crippen LogP contribution in [0.2, 0.25) is 0 Å². The number of aromatic carboxylic acids is 1. The van der Waals surface area contributed by atoms with Crippen LogP contribution in [0.5, 0.6) is 0 Å². The highest BCUT2D eigenvalue weighted by Crippen LogP contribution is 2.29. The Hall–Kier alpha value is -3.41. The van der Waals surface area contributed by atoms with Gasteiger partial charge in [-0.3, -0.25) is 4.79 Å². The third-order valence-electron chi connectivity index (χ3n) is 6.23. The summed E-state index contributed by atoms with van der Waals surface area (Å²) in [4.78, 5) is 32.6.